The summed E-state index contributed by atoms with van der Waals surface area (Å²) in [7, 11) is -3.71. The molecule has 23 heavy (non-hydrogen) atoms. The van der Waals surface area contributed by atoms with Gasteiger partial charge < -0.3 is 0 Å². The average molecular weight is 396 g/mol. The zero-order valence-electron chi connectivity index (χ0n) is 11.9. The lowest BCUT2D eigenvalue weighted by Crippen LogP contribution is -2.34. The molecular weight excluding hydrogens is 382 g/mol. The molecule has 0 bridgehead atoms. The molecule has 6 nitrogen and oxygen atoms in total. The van der Waals surface area contributed by atoms with Crippen LogP contribution in [-0.4, -0.2) is 27.1 Å². The largest absolute Gasteiger partial charge is 0.272 e. The van der Waals surface area contributed by atoms with Crippen LogP contribution in [0.25, 0.3) is 0 Å². The number of nitrogens with zero attached hydrogens (tertiary/aromatic N) is 1. The van der Waals surface area contributed by atoms with Gasteiger partial charge in [0.2, 0.25) is 10.0 Å². The van der Waals surface area contributed by atoms with Gasteiger partial charge in [0, 0.05) is 10.0 Å². The number of benzene rings is 2. The summed E-state index contributed by atoms with van der Waals surface area (Å²) in [6.45, 7) is -0.398. The number of carbonyl (C=O) groups is 1. The van der Waals surface area contributed by atoms with E-state index in [-0.39, 0.29) is 4.90 Å². The van der Waals surface area contributed by atoms with Crippen molar-refractivity contribution in [2.24, 2.45) is 5.10 Å². The molecule has 1 amide bonds. The Labute approximate surface area is 142 Å². The molecule has 0 radical (unpaired) electrons. The van der Waals surface area contributed by atoms with Gasteiger partial charge in [-0.25, -0.2) is 18.6 Å². The van der Waals surface area contributed by atoms with Crippen LogP contribution in [0, 0.1) is 0 Å². The summed E-state index contributed by atoms with van der Waals surface area (Å²) in [5, 5.41) is 3.79. The van der Waals surface area contributed by atoms with Gasteiger partial charge in [0.15, 0.2) is 0 Å². The highest BCUT2D eigenvalue weighted by atomic mass is 79.9. The van der Waals surface area contributed by atoms with Crippen molar-refractivity contribution in [2.75, 3.05) is 6.54 Å². The van der Waals surface area contributed by atoms with Crippen LogP contribution in [-0.2, 0) is 14.8 Å². The Bertz CT molecular complexity index is 808. The molecule has 0 heterocycles. The first-order valence-electron chi connectivity index (χ1n) is 6.60. The predicted octanol–water partition coefficient (Wildman–Crippen LogP) is 1.88. The minimum atomic E-state index is -3.71. The quantitative estimate of drug-likeness (QED) is 0.577. The summed E-state index contributed by atoms with van der Waals surface area (Å²) < 4.78 is 26.9. The number of sulfonamides is 1. The SMILES string of the molecule is O=C(CNS(=O)(=O)c1ccccc1)N/N=C\c1ccccc1Br. The van der Waals surface area contributed by atoms with Crippen LogP contribution in [0.5, 0.6) is 0 Å². The van der Waals surface area contributed by atoms with E-state index in [2.05, 4.69) is 31.2 Å². The molecule has 2 aromatic carbocycles. The number of carbonyl (C=O) groups excluding carboxylic acids is 1. The molecule has 0 aliphatic carbocycles. The van der Waals surface area contributed by atoms with Crippen LogP contribution in [0.1, 0.15) is 5.56 Å². The van der Waals surface area contributed by atoms with Crippen LogP contribution in [0.4, 0.5) is 0 Å². The van der Waals surface area contributed by atoms with E-state index in [9.17, 15) is 13.2 Å². The summed E-state index contributed by atoms with van der Waals surface area (Å²) >= 11 is 3.35. The van der Waals surface area contributed by atoms with Gasteiger partial charge in [0.05, 0.1) is 17.7 Å². The Kier molecular flexibility index (Phi) is 6.03. The molecule has 2 aromatic rings. The number of hydrogen-bond donors (Lipinski definition) is 2. The highest BCUT2D eigenvalue weighted by Gasteiger charge is 2.14. The first-order valence-corrected chi connectivity index (χ1v) is 8.88. The fourth-order valence-corrected chi connectivity index (χ4v) is 3.03. The van der Waals surface area contributed by atoms with E-state index < -0.39 is 22.5 Å². The van der Waals surface area contributed by atoms with Gasteiger partial charge in [-0.2, -0.15) is 5.10 Å². The van der Waals surface area contributed by atoms with Crippen LogP contribution in [0.2, 0.25) is 0 Å². The van der Waals surface area contributed by atoms with Crippen molar-refractivity contribution in [2.45, 2.75) is 4.90 Å². The Morgan fingerprint density at radius 3 is 2.43 bits per heavy atom. The monoisotopic (exact) mass is 395 g/mol. The van der Waals surface area contributed by atoms with E-state index in [1.54, 1.807) is 18.2 Å². The molecule has 0 aliphatic rings. The Balaban J connectivity index is 1.87. The minimum absolute atomic E-state index is 0.101. The van der Waals surface area contributed by atoms with E-state index in [1.807, 2.05) is 24.3 Å². The second kappa shape index (κ2) is 8.00. The molecular formula is C15H14BrN3O3S. The van der Waals surface area contributed by atoms with Crippen molar-refractivity contribution in [1.29, 1.82) is 0 Å². The minimum Gasteiger partial charge on any atom is -0.272 e. The molecule has 2 N–H and O–H groups in total. The zero-order chi connectivity index (χ0) is 16.7. The van der Waals surface area contributed by atoms with Crippen LogP contribution >= 0.6 is 15.9 Å². The number of nitrogens with one attached hydrogen (secondary N) is 2. The maximum absolute atomic E-state index is 11.9. The number of hydrazone groups is 1. The second-order valence-electron chi connectivity index (χ2n) is 4.45. The highest BCUT2D eigenvalue weighted by molar-refractivity contribution is 9.10. The van der Waals surface area contributed by atoms with Crippen molar-refractivity contribution in [1.82, 2.24) is 10.1 Å². The molecule has 2 rings (SSSR count). The Morgan fingerprint density at radius 1 is 1.09 bits per heavy atom. The summed E-state index contributed by atoms with van der Waals surface area (Å²) in [6, 6.07) is 15.2. The lowest BCUT2D eigenvalue weighted by atomic mass is 10.2. The van der Waals surface area contributed by atoms with Crippen LogP contribution in [0.15, 0.2) is 69.1 Å². The molecule has 0 fully saturated rings. The lowest BCUT2D eigenvalue weighted by Gasteiger charge is -2.05. The van der Waals surface area contributed by atoms with Crippen LogP contribution < -0.4 is 10.1 Å². The first-order chi connectivity index (χ1) is 11.0. The maximum atomic E-state index is 11.9. The van der Waals surface area contributed by atoms with Crippen molar-refractivity contribution >= 4 is 38.1 Å². The second-order valence-corrected chi connectivity index (χ2v) is 7.07. The van der Waals surface area contributed by atoms with E-state index in [0.717, 1.165) is 10.0 Å². The summed E-state index contributed by atoms with van der Waals surface area (Å²) in [6.07, 6.45) is 1.47. The van der Waals surface area contributed by atoms with Gasteiger partial charge in [-0.15, -0.1) is 0 Å². The van der Waals surface area contributed by atoms with Crippen molar-refractivity contribution in [3.05, 3.63) is 64.6 Å². The average Bonchev–Trinajstić information content (AvgIpc) is 2.56. The molecule has 0 atom stereocenters. The van der Waals surface area contributed by atoms with Gasteiger partial charge in [-0.1, -0.05) is 52.3 Å². The number of rotatable bonds is 6. The third-order valence-electron chi connectivity index (χ3n) is 2.77. The highest BCUT2D eigenvalue weighted by Crippen LogP contribution is 2.13. The van der Waals surface area contributed by atoms with E-state index >= 15 is 0 Å². The number of hydrogen-bond acceptors (Lipinski definition) is 4. The van der Waals surface area contributed by atoms with Gasteiger partial charge >= 0.3 is 0 Å². The predicted molar refractivity (Wildman–Crippen MR) is 91.5 cm³/mol. The van der Waals surface area contributed by atoms with Gasteiger partial charge in [-0.05, 0) is 18.2 Å². The van der Waals surface area contributed by atoms with E-state index in [1.165, 1.54) is 18.3 Å². The lowest BCUT2D eigenvalue weighted by molar-refractivity contribution is -0.119. The zero-order valence-corrected chi connectivity index (χ0v) is 14.3. The van der Waals surface area contributed by atoms with Gasteiger partial charge in [-0.3, -0.25) is 4.79 Å². The summed E-state index contributed by atoms with van der Waals surface area (Å²) in [5.74, 6) is -0.562. The summed E-state index contributed by atoms with van der Waals surface area (Å²) in [5.41, 5.74) is 3.05. The molecule has 0 saturated carbocycles. The van der Waals surface area contributed by atoms with Crippen LogP contribution in [0.3, 0.4) is 0 Å². The molecule has 0 saturated heterocycles. The Morgan fingerprint density at radius 2 is 1.74 bits per heavy atom. The molecule has 0 aliphatic heterocycles. The number of amides is 1. The maximum Gasteiger partial charge on any atom is 0.255 e. The van der Waals surface area contributed by atoms with E-state index in [4.69, 9.17) is 0 Å². The first kappa shape index (κ1) is 17.3. The summed E-state index contributed by atoms with van der Waals surface area (Å²) in [4.78, 5) is 11.7. The standard InChI is InChI=1S/C15H14BrN3O3S/c16-14-9-5-4-6-12(14)10-17-19-15(20)11-18-23(21,22)13-7-2-1-3-8-13/h1-10,18H,11H2,(H,19,20)/b17-10-. The molecule has 120 valence electrons. The van der Waals surface area contributed by atoms with Crippen molar-refractivity contribution in [3.63, 3.8) is 0 Å². The normalized spacial score (nSPS) is 11.5. The third kappa shape index (κ3) is 5.27. The van der Waals surface area contributed by atoms with E-state index in [0.29, 0.717) is 0 Å². The molecule has 8 heteroatoms. The third-order valence-corrected chi connectivity index (χ3v) is 4.91. The van der Waals surface area contributed by atoms with Crippen molar-refractivity contribution in [3.8, 4) is 0 Å². The van der Waals surface area contributed by atoms with Gasteiger partial charge in [0.25, 0.3) is 5.91 Å². The van der Waals surface area contributed by atoms with Crippen molar-refractivity contribution < 1.29 is 13.2 Å². The molecule has 0 aromatic heterocycles. The smallest absolute Gasteiger partial charge is 0.255 e. The molecule has 0 spiro atoms. The number of halogens is 1. The topological polar surface area (TPSA) is 87.6 Å². The Hall–Kier alpha value is -2.03. The fraction of sp³-hybridized carbons (Fsp3) is 0.0667. The van der Waals surface area contributed by atoms with Gasteiger partial charge in [0.1, 0.15) is 0 Å². The fourth-order valence-electron chi connectivity index (χ4n) is 1.64. The molecule has 0 unspecified atom stereocenters.